The topological polar surface area (TPSA) is 80.4 Å². The van der Waals surface area contributed by atoms with Crippen LogP contribution in [0.4, 0.5) is 0 Å². The van der Waals surface area contributed by atoms with Gasteiger partial charge < -0.3 is 5.11 Å². The molecule has 0 amide bonds. The van der Waals surface area contributed by atoms with Crippen molar-refractivity contribution < 1.29 is 14.8 Å². The second kappa shape index (κ2) is 3.56. The molecule has 15 heavy (non-hydrogen) atoms. The van der Waals surface area contributed by atoms with Crippen LogP contribution in [0.3, 0.4) is 0 Å². The highest BCUT2D eigenvalue weighted by Gasteiger charge is 2.51. The second-order valence-corrected chi connectivity index (χ2v) is 4.98. The molecule has 0 aromatic heterocycles. The molecule has 0 spiro atoms. The fraction of sp³-hybridized carbons (Fsp3) is 0.900. The zero-order valence-electron chi connectivity index (χ0n) is 9.32. The number of aliphatic hydroxyl groups is 1. The quantitative estimate of drug-likeness (QED) is 0.553. The summed E-state index contributed by atoms with van der Waals surface area (Å²) < 4.78 is 0. The highest BCUT2D eigenvalue weighted by Crippen LogP contribution is 2.40. The molecule has 0 bridgehead atoms. The number of hydrogen-bond acceptors (Lipinski definition) is 4. The first kappa shape index (κ1) is 12.1. The van der Waals surface area contributed by atoms with Crippen LogP contribution in [-0.4, -0.2) is 27.0 Å². The summed E-state index contributed by atoms with van der Waals surface area (Å²) in [5.74, 6) is -0.797. The minimum Gasteiger partial charge on any atom is -0.389 e. The van der Waals surface area contributed by atoms with Gasteiger partial charge in [0.25, 0.3) is 0 Å². The molecule has 1 fully saturated rings. The van der Waals surface area contributed by atoms with Gasteiger partial charge in [-0.1, -0.05) is 0 Å². The van der Waals surface area contributed by atoms with Crippen LogP contribution in [0.25, 0.3) is 0 Å². The molecule has 0 radical (unpaired) electrons. The van der Waals surface area contributed by atoms with Gasteiger partial charge in [-0.2, -0.15) is 0 Å². The number of rotatable bonds is 2. The van der Waals surface area contributed by atoms with Gasteiger partial charge in [0.15, 0.2) is 0 Å². The molecule has 1 saturated carbocycles. The number of nitro groups is 1. The molecule has 0 aliphatic heterocycles. The molecule has 0 heterocycles. The number of Topliss-reactive ketones (excluding diaryl/α,β-unsaturated/α-hetero) is 1. The SMILES string of the molecule is CC(=O)[C@H]1C[C@@](C)([N+](=O)[O-])CC[C@@]1(C)O. The van der Waals surface area contributed by atoms with Crippen molar-refractivity contribution >= 4 is 5.78 Å². The molecule has 5 heteroatoms. The van der Waals surface area contributed by atoms with E-state index in [1.54, 1.807) is 6.92 Å². The van der Waals surface area contributed by atoms with Crippen LogP contribution in [0.1, 0.15) is 40.0 Å². The molecule has 0 aromatic rings. The maximum atomic E-state index is 11.3. The van der Waals surface area contributed by atoms with Crippen molar-refractivity contribution in [2.45, 2.75) is 51.2 Å². The van der Waals surface area contributed by atoms with Crippen molar-refractivity contribution in [2.75, 3.05) is 0 Å². The van der Waals surface area contributed by atoms with E-state index in [9.17, 15) is 20.0 Å². The molecule has 0 unspecified atom stereocenters. The van der Waals surface area contributed by atoms with Crippen molar-refractivity contribution in [3.8, 4) is 0 Å². The van der Waals surface area contributed by atoms with Crippen molar-refractivity contribution in [1.29, 1.82) is 0 Å². The van der Waals surface area contributed by atoms with Crippen LogP contribution in [0.5, 0.6) is 0 Å². The van der Waals surface area contributed by atoms with Gasteiger partial charge in [-0.15, -0.1) is 0 Å². The van der Waals surface area contributed by atoms with Crippen LogP contribution >= 0.6 is 0 Å². The van der Waals surface area contributed by atoms with E-state index in [-0.39, 0.29) is 17.1 Å². The zero-order valence-corrected chi connectivity index (χ0v) is 9.32. The highest BCUT2D eigenvalue weighted by atomic mass is 16.6. The molecule has 3 atom stereocenters. The molecule has 86 valence electrons. The first-order chi connectivity index (χ1) is 6.69. The number of carbonyl (C=O) groups is 1. The third kappa shape index (κ3) is 2.17. The minimum atomic E-state index is -1.10. The fourth-order valence-electron chi connectivity index (χ4n) is 2.21. The van der Waals surface area contributed by atoms with E-state index < -0.39 is 17.1 Å². The molecule has 1 aliphatic carbocycles. The van der Waals surface area contributed by atoms with Crippen molar-refractivity contribution in [1.82, 2.24) is 0 Å². The van der Waals surface area contributed by atoms with Crippen molar-refractivity contribution in [3.05, 3.63) is 10.1 Å². The first-order valence-electron chi connectivity index (χ1n) is 5.06. The predicted octanol–water partition coefficient (Wildman–Crippen LogP) is 1.16. The predicted molar refractivity (Wildman–Crippen MR) is 54.0 cm³/mol. The van der Waals surface area contributed by atoms with Gasteiger partial charge in [-0.3, -0.25) is 14.9 Å². The van der Waals surface area contributed by atoms with Gasteiger partial charge >= 0.3 is 0 Å². The van der Waals surface area contributed by atoms with Crippen LogP contribution < -0.4 is 0 Å². The average molecular weight is 215 g/mol. The van der Waals surface area contributed by atoms with Crippen molar-refractivity contribution in [2.24, 2.45) is 5.92 Å². The van der Waals surface area contributed by atoms with Gasteiger partial charge in [0, 0.05) is 24.7 Å². The first-order valence-corrected chi connectivity index (χ1v) is 5.06. The Labute approximate surface area is 88.6 Å². The Kier molecular flexibility index (Phi) is 2.87. The third-order valence-corrected chi connectivity index (χ3v) is 3.50. The van der Waals surface area contributed by atoms with E-state index in [0.29, 0.717) is 12.8 Å². The van der Waals surface area contributed by atoms with E-state index in [1.807, 2.05) is 0 Å². The summed E-state index contributed by atoms with van der Waals surface area (Å²) in [7, 11) is 0. The lowest BCUT2D eigenvalue weighted by molar-refractivity contribution is -0.573. The Bertz CT molecular complexity index is 300. The van der Waals surface area contributed by atoms with Gasteiger partial charge in [0.2, 0.25) is 5.54 Å². The van der Waals surface area contributed by atoms with E-state index >= 15 is 0 Å². The summed E-state index contributed by atoms with van der Waals surface area (Å²) >= 11 is 0. The Morgan fingerprint density at radius 1 is 1.47 bits per heavy atom. The van der Waals surface area contributed by atoms with Crippen LogP contribution in [0, 0.1) is 16.0 Å². The van der Waals surface area contributed by atoms with E-state index in [0.717, 1.165) is 0 Å². The molecular formula is C10H17NO4. The van der Waals surface area contributed by atoms with Gasteiger partial charge in [-0.25, -0.2) is 0 Å². The van der Waals surface area contributed by atoms with Gasteiger partial charge in [-0.05, 0) is 20.3 Å². The number of ketones is 1. The Balaban J connectivity index is 2.93. The molecule has 0 aromatic carbocycles. The number of carbonyl (C=O) groups excluding carboxylic acids is 1. The Morgan fingerprint density at radius 2 is 2.00 bits per heavy atom. The maximum absolute atomic E-state index is 11.3. The summed E-state index contributed by atoms with van der Waals surface area (Å²) in [6.45, 7) is 4.50. The maximum Gasteiger partial charge on any atom is 0.220 e. The molecule has 5 nitrogen and oxygen atoms in total. The van der Waals surface area contributed by atoms with Gasteiger partial charge in [0.1, 0.15) is 5.78 Å². The minimum absolute atomic E-state index is 0.127. The van der Waals surface area contributed by atoms with Crippen molar-refractivity contribution in [3.63, 3.8) is 0 Å². The van der Waals surface area contributed by atoms with E-state index in [1.165, 1.54) is 13.8 Å². The number of nitrogens with zero attached hydrogens (tertiary/aromatic N) is 1. The molecule has 1 N–H and O–H groups in total. The van der Waals surface area contributed by atoms with Gasteiger partial charge in [0.05, 0.1) is 11.5 Å². The van der Waals surface area contributed by atoms with Crippen LogP contribution in [0.15, 0.2) is 0 Å². The average Bonchev–Trinajstić information content (AvgIpc) is 2.09. The molecule has 1 aliphatic rings. The molecule has 1 rings (SSSR count). The lowest BCUT2D eigenvalue weighted by atomic mass is 9.67. The highest BCUT2D eigenvalue weighted by molar-refractivity contribution is 5.79. The zero-order chi connectivity index (χ0) is 11.9. The standard InChI is InChI=1S/C10H17NO4/c1-7(12)8-6-9(2,11(14)15)4-5-10(8,3)13/h8,13H,4-6H2,1-3H3/t8-,9+,10-/m1/s1. The van der Waals surface area contributed by atoms with Crippen LogP contribution in [0.2, 0.25) is 0 Å². The molecular weight excluding hydrogens is 198 g/mol. The second-order valence-electron chi connectivity index (χ2n) is 4.98. The smallest absolute Gasteiger partial charge is 0.220 e. The summed E-state index contributed by atoms with van der Waals surface area (Å²) in [5.41, 5.74) is -2.17. The Morgan fingerprint density at radius 3 is 2.40 bits per heavy atom. The monoisotopic (exact) mass is 215 g/mol. The fourth-order valence-corrected chi connectivity index (χ4v) is 2.21. The molecule has 0 saturated heterocycles. The number of hydrogen-bond donors (Lipinski definition) is 1. The summed E-state index contributed by atoms with van der Waals surface area (Å²) in [4.78, 5) is 21.9. The van der Waals surface area contributed by atoms with E-state index in [4.69, 9.17) is 0 Å². The largest absolute Gasteiger partial charge is 0.389 e. The normalized spacial score (nSPS) is 41.2. The summed E-state index contributed by atoms with van der Waals surface area (Å²) in [5, 5.41) is 20.8. The summed E-state index contributed by atoms with van der Waals surface area (Å²) in [6, 6.07) is 0. The van der Waals surface area contributed by atoms with E-state index in [2.05, 4.69) is 0 Å². The van der Waals surface area contributed by atoms with Crippen LogP contribution in [-0.2, 0) is 4.79 Å². The lowest BCUT2D eigenvalue weighted by Crippen LogP contribution is -2.52. The lowest BCUT2D eigenvalue weighted by Gasteiger charge is -2.40. The third-order valence-electron chi connectivity index (χ3n) is 3.50. The Hall–Kier alpha value is -0.970. The summed E-state index contributed by atoms with van der Waals surface area (Å²) in [6.07, 6.45) is 0.744.